The van der Waals surface area contributed by atoms with Gasteiger partial charge in [0, 0.05) is 24.1 Å². The third-order valence-corrected chi connectivity index (χ3v) is 2.82. The van der Waals surface area contributed by atoms with Crippen molar-refractivity contribution in [3.8, 4) is 0 Å². The molecule has 6 heteroatoms. The van der Waals surface area contributed by atoms with Crippen molar-refractivity contribution in [1.29, 1.82) is 0 Å². The van der Waals surface area contributed by atoms with Crippen LogP contribution in [0, 0.1) is 0 Å². The summed E-state index contributed by atoms with van der Waals surface area (Å²) < 4.78 is 0. The van der Waals surface area contributed by atoms with Crippen LogP contribution in [0.3, 0.4) is 0 Å². The number of hydrazine groups is 1. The highest BCUT2D eigenvalue weighted by atomic mass is 16.2. The van der Waals surface area contributed by atoms with E-state index in [4.69, 9.17) is 0 Å². The lowest BCUT2D eigenvalue weighted by atomic mass is 10.2. The number of hydrogen-bond acceptors (Lipinski definition) is 3. The third kappa shape index (κ3) is 6.07. The van der Waals surface area contributed by atoms with Crippen LogP contribution in [0.2, 0.25) is 0 Å². The van der Waals surface area contributed by atoms with Gasteiger partial charge in [0.05, 0.1) is 0 Å². The molecule has 0 bridgehead atoms. The Balaban J connectivity index is 2.51. The van der Waals surface area contributed by atoms with Gasteiger partial charge in [-0.15, -0.1) is 0 Å². The number of carbonyl (C=O) groups is 3. The van der Waals surface area contributed by atoms with Crippen LogP contribution >= 0.6 is 0 Å². The van der Waals surface area contributed by atoms with Gasteiger partial charge in [-0.05, 0) is 30.7 Å². The molecule has 0 aromatic heterocycles. The molecule has 0 unspecified atom stereocenters. The molecule has 6 nitrogen and oxygen atoms in total. The molecule has 0 radical (unpaired) electrons. The second kappa shape index (κ2) is 8.73. The molecule has 1 aromatic carbocycles. The maximum Gasteiger partial charge on any atom is 0.269 e. The lowest BCUT2D eigenvalue weighted by Gasteiger charge is -2.08. The summed E-state index contributed by atoms with van der Waals surface area (Å²) in [5.41, 5.74) is 5.65. The van der Waals surface area contributed by atoms with Gasteiger partial charge >= 0.3 is 0 Å². The van der Waals surface area contributed by atoms with Gasteiger partial charge in [0.25, 0.3) is 5.91 Å². The van der Waals surface area contributed by atoms with E-state index in [0.29, 0.717) is 24.1 Å². The zero-order valence-corrected chi connectivity index (χ0v) is 12.4. The number of unbranched alkanes of at least 4 members (excludes halogenated alkanes) is 1. The molecule has 21 heavy (non-hydrogen) atoms. The number of hydrogen-bond donors (Lipinski definition) is 3. The SMILES string of the molecule is CCCCC(=O)Nc1ccc(C(=O)NNC(=O)CC)cc1. The highest BCUT2D eigenvalue weighted by Gasteiger charge is 2.07. The van der Waals surface area contributed by atoms with Crippen molar-refractivity contribution >= 4 is 23.4 Å². The van der Waals surface area contributed by atoms with Crippen LogP contribution in [0.15, 0.2) is 24.3 Å². The molecule has 114 valence electrons. The molecule has 0 spiro atoms. The minimum Gasteiger partial charge on any atom is -0.326 e. The maximum absolute atomic E-state index is 11.7. The fourth-order valence-corrected chi connectivity index (χ4v) is 1.55. The van der Waals surface area contributed by atoms with Crippen molar-refractivity contribution in [1.82, 2.24) is 10.9 Å². The molecule has 0 saturated carbocycles. The van der Waals surface area contributed by atoms with E-state index in [1.165, 1.54) is 0 Å². The fourth-order valence-electron chi connectivity index (χ4n) is 1.55. The van der Waals surface area contributed by atoms with E-state index in [2.05, 4.69) is 16.2 Å². The highest BCUT2D eigenvalue weighted by Crippen LogP contribution is 2.10. The Bertz CT molecular complexity index is 497. The minimum atomic E-state index is -0.402. The number of benzene rings is 1. The predicted octanol–water partition coefficient (Wildman–Crippen LogP) is 1.99. The zero-order valence-electron chi connectivity index (χ0n) is 12.4. The van der Waals surface area contributed by atoms with Gasteiger partial charge in [-0.1, -0.05) is 20.3 Å². The summed E-state index contributed by atoms with van der Waals surface area (Å²) in [5, 5.41) is 2.76. The largest absolute Gasteiger partial charge is 0.326 e. The van der Waals surface area contributed by atoms with Gasteiger partial charge in [0.1, 0.15) is 0 Å². The molecule has 0 aliphatic rings. The van der Waals surface area contributed by atoms with Crippen LogP contribution < -0.4 is 16.2 Å². The molecule has 1 aromatic rings. The molecule has 3 amide bonds. The van der Waals surface area contributed by atoms with Crippen molar-refractivity contribution in [3.63, 3.8) is 0 Å². The van der Waals surface area contributed by atoms with Crippen molar-refractivity contribution < 1.29 is 14.4 Å². The van der Waals surface area contributed by atoms with Gasteiger partial charge in [-0.3, -0.25) is 25.2 Å². The number of nitrogens with one attached hydrogen (secondary N) is 3. The van der Waals surface area contributed by atoms with E-state index in [1.54, 1.807) is 31.2 Å². The van der Waals surface area contributed by atoms with Crippen LogP contribution in [0.1, 0.15) is 49.9 Å². The van der Waals surface area contributed by atoms with E-state index in [1.807, 2.05) is 6.92 Å². The lowest BCUT2D eigenvalue weighted by molar-refractivity contribution is -0.121. The number of rotatable bonds is 6. The Morgan fingerprint density at radius 3 is 2.19 bits per heavy atom. The van der Waals surface area contributed by atoms with Gasteiger partial charge in [-0.25, -0.2) is 0 Å². The van der Waals surface area contributed by atoms with E-state index >= 15 is 0 Å². The quantitative estimate of drug-likeness (QED) is 0.700. The first-order valence-corrected chi connectivity index (χ1v) is 7.06. The lowest BCUT2D eigenvalue weighted by Crippen LogP contribution is -2.41. The van der Waals surface area contributed by atoms with Crippen LogP contribution in [0.25, 0.3) is 0 Å². The molecule has 3 N–H and O–H groups in total. The third-order valence-electron chi connectivity index (χ3n) is 2.82. The van der Waals surface area contributed by atoms with E-state index in [9.17, 15) is 14.4 Å². The molecule has 1 rings (SSSR count). The molecule has 0 atom stereocenters. The summed E-state index contributed by atoms with van der Waals surface area (Å²) >= 11 is 0. The summed E-state index contributed by atoms with van der Waals surface area (Å²) in [6.45, 7) is 3.72. The van der Waals surface area contributed by atoms with Crippen molar-refractivity contribution in [3.05, 3.63) is 29.8 Å². The smallest absolute Gasteiger partial charge is 0.269 e. The molecule has 0 saturated heterocycles. The summed E-state index contributed by atoms with van der Waals surface area (Å²) in [6.07, 6.45) is 2.60. The first-order valence-electron chi connectivity index (χ1n) is 7.06. The van der Waals surface area contributed by atoms with Crippen LogP contribution in [-0.2, 0) is 9.59 Å². The fraction of sp³-hybridized carbons (Fsp3) is 0.400. The first-order chi connectivity index (χ1) is 10.1. The van der Waals surface area contributed by atoms with Gasteiger partial charge < -0.3 is 5.32 Å². The molecule has 0 heterocycles. The summed E-state index contributed by atoms with van der Waals surface area (Å²) in [7, 11) is 0. The summed E-state index contributed by atoms with van der Waals surface area (Å²) in [4.78, 5) is 34.3. The van der Waals surface area contributed by atoms with E-state index < -0.39 is 5.91 Å². The Hall–Kier alpha value is -2.37. The van der Waals surface area contributed by atoms with Gasteiger partial charge in [0.15, 0.2) is 0 Å². The van der Waals surface area contributed by atoms with Crippen molar-refractivity contribution in [2.45, 2.75) is 39.5 Å². The van der Waals surface area contributed by atoms with E-state index in [-0.39, 0.29) is 11.8 Å². The Morgan fingerprint density at radius 1 is 0.952 bits per heavy atom. The van der Waals surface area contributed by atoms with Crippen LogP contribution in [0.5, 0.6) is 0 Å². The number of anilines is 1. The van der Waals surface area contributed by atoms with Crippen molar-refractivity contribution in [2.24, 2.45) is 0 Å². The predicted molar refractivity (Wildman–Crippen MR) is 80.5 cm³/mol. The second-order valence-corrected chi connectivity index (χ2v) is 4.58. The first kappa shape index (κ1) is 16.7. The van der Waals surface area contributed by atoms with E-state index in [0.717, 1.165) is 12.8 Å². The monoisotopic (exact) mass is 291 g/mol. The van der Waals surface area contributed by atoms with Crippen molar-refractivity contribution in [2.75, 3.05) is 5.32 Å². The number of carbonyl (C=O) groups excluding carboxylic acids is 3. The topological polar surface area (TPSA) is 87.3 Å². The second-order valence-electron chi connectivity index (χ2n) is 4.58. The minimum absolute atomic E-state index is 0.0377. The van der Waals surface area contributed by atoms with Gasteiger partial charge in [-0.2, -0.15) is 0 Å². The average Bonchev–Trinajstić information content (AvgIpc) is 2.50. The standard InChI is InChI=1S/C15H21N3O3/c1-3-5-6-14(20)16-12-9-7-11(8-10-12)15(21)18-17-13(19)4-2/h7-10H,3-6H2,1-2H3,(H,16,20)(H,17,19)(H,18,21). The summed E-state index contributed by atoms with van der Waals surface area (Å²) in [5.74, 6) is -0.701. The molecule has 0 aliphatic heterocycles. The normalized spacial score (nSPS) is 9.81. The molecule has 0 aliphatic carbocycles. The molecule has 0 fully saturated rings. The Labute approximate surface area is 124 Å². The van der Waals surface area contributed by atoms with Crippen LogP contribution in [-0.4, -0.2) is 17.7 Å². The highest BCUT2D eigenvalue weighted by molar-refractivity contribution is 5.96. The van der Waals surface area contributed by atoms with Crippen LogP contribution in [0.4, 0.5) is 5.69 Å². The summed E-state index contributed by atoms with van der Waals surface area (Å²) in [6, 6.07) is 6.48. The zero-order chi connectivity index (χ0) is 15.7. The molecular formula is C15H21N3O3. The molecular weight excluding hydrogens is 270 g/mol. The Kier molecular flexibility index (Phi) is 6.94. The maximum atomic E-state index is 11.7. The Morgan fingerprint density at radius 2 is 1.62 bits per heavy atom. The van der Waals surface area contributed by atoms with Gasteiger partial charge in [0.2, 0.25) is 11.8 Å². The number of amides is 3. The average molecular weight is 291 g/mol.